The monoisotopic (exact) mass is 184 g/mol. The van der Waals surface area contributed by atoms with Crippen LogP contribution in [0.25, 0.3) is 5.76 Å². The predicted octanol–water partition coefficient (Wildman–Crippen LogP) is 3.39. The van der Waals surface area contributed by atoms with Crippen LogP contribution in [0.15, 0.2) is 54.1 Å². The summed E-state index contributed by atoms with van der Waals surface area (Å²) < 4.78 is 0. The van der Waals surface area contributed by atoms with Crippen LogP contribution in [0.1, 0.15) is 11.1 Å². The smallest absolute Gasteiger partial charge is 0.130 e. The molecule has 0 radical (unpaired) electrons. The SMILES string of the molecule is Cc1ccc(C(O)=C2C=CC=C2)cc1. The van der Waals surface area contributed by atoms with Crippen molar-refractivity contribution in [2.45, 2.75) is 6.92 Å². The van der Waals surface area contributed by atoms with Gasteiger partial charge in [0.1, 0.15) is 5.76 Å². The summed E-state index contributed by atoms with van der Waals surface area (Å²) in [7, 11) is 0. The molecular weight excluding hydrogens is 172 g/mol. The standard InChI is InChI=1S/C13H12O/c1-10-6-8-12(9-7-10)13(14)11-4-2-3-5-11/h2-9,14H,1H3. The van der Waals surface area contributed by atoms with Crippen molar-refractivity contribution in [3.63, 3.8) is 0 Å². The number of benzene rings is 1. The van der Waals surface area contributed by atoms with Crippen LogP contribution in [0.3, 0.4) is 0 Å². The molecule has 14 heavy (non-hydrogen) atoms. The van der Waals surface area contributed by atoms with Crippen LogP contribution in [-0.2, 0) is 0 Å². The van der Waals surface area contributed by atoms with E-state index in [0.717, 1.165) is 11.1 Å². The molecule has 1 aromatic carbocycles. The van der Waals surface area contributed by atoms with Gasteiger partial charge in [-0.05, 0) is 6.92 Å². The molecular formula is C13H12O. The highest BCUT2D eigenvalue weighted by molar-refractivity contribution is 5.69. The van der Waals surface area contributed by atoms with E-state index in [9.17, 15) is 5.11 Å². The van der Waals surface area contributed by atoms with Crippen LogP contribution >= 0.6 is 0 Å². The fourth-order valence-electron chi connectivity index (χ4n) is 1.41. The number of aryl methyl sites for hydroxylation is 1. The number of hydrogen-bond acceptors (Lipinski definition) is 1. The van der Waals surface area contributed by atoms with Gasteiger partial charge in [0, 0.05) is 11.1 Å². The fraction of sp³-hybridized carbons (Fsp3) is 0.0769. The summed E-state index contributed by atoms with van der Waals surface area (Å²) in [6.07, 6.45) is 7.63. The molecule has 0 spiro atoms. The van der Waals surface area contributed by atoms with Gasteiger partial charge in [0.05, 0.1) is 0 Å². The number of rotatable bonds is 1. The van der Waals surface area contributed by atoms with Crippen LogP contribution in [-0.4, -0.2) is 5.11 Å². The van der Waals surface area contributed by atoms with Crippen LogP contribution < -0.4 is 0 Å². The summed E-state index contributed by atoms with van der Waals surface area (Å²) in [6.45, 7) is 2.03. The van der Waals surface area contributed by atoms with Gasteiger partial charge in [-0.3, -0.25) is 0 Å². The first kappa shape index (κ1) is 8.82. The Kier molecular flexibility index (Phi) is 2.23. The quantitative estimate of drug-likeness (QED) is 0.663. The lowest BCUT2D eigenvalue weighted by molar-refractivity contribution is 0.509. The van der Waals surface area contributed by atoms with Crippen LogP contribution in [0.5, 0.6) is 0 Å². The Morgan fingerprint density at radius 1 is 1.00 bits per heavy atom. The van der Waals surface area contributed by atoms with Crippen molar-refractivity contribution in [2.75, 3.05) is 0 Å². The molecule has 0 fully saturated rings. The summed E-state index contributed by atoms with van der Waals surface area (Å²) >= 11 is 0. The van der Waals surface area contributed by atoms with Crippen LogP contribution in [0, 0.1) is 6.92 Å². The molecule has 1 N–H and O–H groups in total. The second-order valence-electron chi connectivity index (χ2n) is 3.39. The van der Waals surface area contributed by atoms with Gasteiger partial charge in [-0.2, -0.15) is 0 Å². The van der Waals surface area contributed by atoms with Crippen molar-refractivity contribution < 1.29 is 5.11 Å². The van der Waals surface area contributed by atoms with Crippen molar-refractivity contribution in [1.82, 2.24) is 0 Å². The molecule has 0 aromatic heterocycles. The Bertz CT molecular complexity index is 405. The zero-order valence-electron chi connectivity index (χ0n) is 8.07. The van der Waals surface area contributed by atoms with Gasteiger partial charge in [-0.1, -0.05) is 54.1 Å². The lowest BCUT2D eigenvalue weighted by Gasteiger charge is -2.02. The maximum Gasteiger partial charge on any atom is 0.130 e. The van der Waals surface area contributed by atoms with Crippen LogP contribution in [0.4, 0.5) is 0 Å². The Labute approximate surface area is 83.7 Å². The fourth-order valence-corrected chi connectivity index (χ4v) is 1.41. The first-order chi connectivity index (χ1) is 6.77. The number of allylic oxidation sites excluding steroid dienone is 5. The Hall–Kier alpha value is -1.76. The van der Waals surface area contributed by atoms with Crippen molar-refractivity contribution in [2.24, 2.45) is 0 Å². The minimum Gasteiger partial charge on any atom is -0.507 e. The normalized spacial score (nSPS) is 13.6. The van der Waals surface area contributed by atoms with E-state index in [-0.39, 0.29) is 0 Å². The van der Waals surface area contributed by atoms with Gasteiger partial charge in [0.15, 0.2) is 0 Å². The van der Waals surface area contributed by atoms with Gasteiger partial charge in [0.25, 0.3) is 0 Å². The molecule has 2 rings (SSSR count). The lowest BCUT2D eigenvalue weighted by atomic mass is 10.1. The number of aliphatic hydroxyl groups is 1. The van der Waals surface area contributed by atoms with E-state index in [1.807, 2.05) is 55.5 Å². The molecule has 0 unspecified atom stereocenters. The average molecular weight is 184 g/mol. The summed E-state index contributed by atoms with van der Waals surface area (Å²) in [5, 5.41) is 9.89. The zero-order valence-corrected chi connectivity index (χ0v) is 8.07. The third-order valence-corrected chi connectivity index (χ3v) is 2.26. The third-order valence-electron chi connectivity index (χ3n) is 2.26. The van der Waals surface area contributed by atoms with Crippen molar-refractivity contribution >= 4 is 5.76 Å². The van der Waals surface area contributed by atoms with Gasteiger partial charge < -0.3 is 5.11 Å². The summed E-state index contributed by atoms with van der Waals surface area (Å²) in [5.41, 5.74) is 2.93. The minimum absolute atomic E-state index is 0.343. The van der Waals surface area contributed by atoms with E-state index in [1.165, 1.54) is 5.56 Å². The Balaban J connectivity index is 2.40. The molecule has 1 aromatic rings. The Morgan fingerprint density at radius 3 is 2.14 bits per heavy atom. The largest absolute Gasteiger partial charge is 0.507 e. The second kappa shape index (κ2) is 3.54. The molecule has 0 saturated carbocycles. The summed E-state index contributed by atoms with van der Waals surface area (Å²) in [5.74, 6) is 0.343. The van der Waals surface area contributed by atoms with Crippen molar-refractivity contribution in [1.29, 1.82) is 0 Å². The molecule has 0 aliphatic heterocycles. The maximum absolute atomic E-state index is 9.89. The van der Waals surface area contributed by atoms with Crippen LogP contribution in [0.2, 0.25) is 0 Å². The predicted molar refractivity (Wildman–Crippen MR) is 59.0 cm³/mol. The zero-order chi connectivity index (χ0) is 9.97. The molecule has 0 heterocycles. The molecule has 1 nitrogen and oxygen atoms in total. The maximum atomic E-state index is 9.89. The third kappa shape index (κ3) is 1.62. The average Bonchev–Trinajstić information content (AvgIpc) is 2.71. The molecule has 70 valence electrons. The minimum atomic E-state index is 0.343. The highest BCUT2D eigenvalue weighted by Gasteiger charge is 2.04. The number of hydrogen-bond donors (Lipinski definition) is 1. The second-order valence-corrected chi connectivity index (χ2v) is 3.39. The molecule has 0 atom stereocenters. The van der Waals surface area contributed by atoms with Gasteiger partial charge in [-0.25, -0.2) is 0 Å². The van der Waals surface area contributed by atoms with Crippen molar-refractivity contribution in [3.8, 4) is 0 Å². The highest BCUT2D eigenvalue weighted by atomic mass is 16.3. The lowest BCUT2D eigenvalue weighted by Crippen LogP contribution is -1.86. The molecule has 1 aliphatic carbocycles. The summed E-state index contributed by atoms with van der Waals surface area (Å²) in [6, 6.07) is 7.85. The van der Waals surface area contributed by atoms with E-state index < -0.39 is 0 Å². The molecule has 0 saturated heterocycles. The van der Waals surface area contributed by atoms with E-state index in [4.69, 9.17) is 0 Å². The summed E-state index contributed by atoms with van der Waals surface area (Å²) in [4.78, 5) is 0. The van der Waals surface area contributed by atoms with E-state index in [2.05, 4.69) is 0 Å². The first-order valence-corrected chi connectivity index (χ1v) is 4.62. The van der Waals surface area contributed by atoms with Gasteiger partial charge in [-0.15, -0.1) is 0 Å². The first-order valence-electron chi connectivity index (χ1n) is 4.62. The molecule has 0 bridgehead atoms. The molecule has 1 heteroatoms. The van der Waals surface area contributed by atoms with E-state index in [0.29, 0.717) is 5.76 Å². The molecule has 0 amide bonds. The van der Waals surface area contributed by atoms with Gasteiger partial charge in [0.2, 0.25) is 0 Å². The van der Waals surface area contributed by atoms with Gasteiger partial charge >= 0.3 is 0 Å². The number of aliphatic hydroxyl groups excluding tert-OH is 1. The Morgan fingerprint density at radius 2 is 1.57 bits per heavy atom. The molecule has 1 aliphatic rings. The van der Waals surface area contributed by atoms with Crippen molar-refractivity contribution in [3.05, 3.63) is 65.3 Å². The highest BCUT2D eigenvalue weighted by Crippen LogP contribution is 2.20. The topological polar surface area (TPSA) is 20.2 Å². The van der Waals surface area contributed by atoms with E-state index in [1.54, 1.807) is 0 Å². The van der Waals surface area contributed by atoms with E-state index >= 15 is 0 Å².